The van der Waals surface area contributed by atoms with Gasteiger partial charge in [0.2, 0.25) is 21.6 Å². The maximum absolute atomic E-state index is 12.3. The molecule has 24 heavy (non-hydrogen) atoms. The molecule has 122 valence electrons. The van der Waals surface area contributed by atoms with E-state index in [-0.39, 0.29) is 16.8 Å². The molecule has 2 aromatic rings. The third-order valence-corrected chi connectivity index (χ3v) is 4.63. The van der Waals surface area contributed by atoms with Gasteiger partial charge >= 0.3 is 5.97 Å². The second kappa shape index (κ2) is 5.27. The number of aromatic nitrogens is 1. The molecule has 0 radical (unpaired) electrons. The minimum Gasteiger partial charge on any atom is -0.478 e. The summed E-state index contributed by atoms with van der Waals surface area (Å²) in [4.78, 5) is 35.6. The average Bonchev–Trinajstić information content (AvgIpc) is 2.92. The third kappa shape index (κ3) is 2.37. The summed E-state index contributed by atoms with van der Waals surface area (Å²) in [5.74, 6) is -3.42. The van der Waals surface area contributed by atoms with Crippen molar-refractivity contribution in [2.75, 3.05) is 6.26 Å². The number of carboxylic acids is 1. The van der Waals surface area contributed by atoms with Gasteiger partial charge in [0.05, 0.1) is 23.1 Å². The van der Waals surface area contributed by atoms with Crippen LogP contribution in [0.3, 0.4) is 0 Å². The lowest BCUT2D eigenvalue weighted by Gasteiger charge is -2.13. The number of fused-ring (bicyclic) bond motifs is 1. The molecule has 3 rings (SSSR count). The van der Waals surface area contributed by atoms with Crippen LogP contribution in [-0.4, -0.2) is 41.3 Å². The standard InChI is InChI=1S/C16H11NO6S/c1-24(22,23)17-8-11(9-5-3-2-4-6-9)13-14(17)10(16(20)21)7-12(18)15(13)19/h2-8H,1H3,(H,20,21). The lowest BCUT2D eigenvalue weighted by molar-refractivity contribution is -0.130. The molecular formula is C16H11NO6S. The Morgan fingerprint density at radius 2 is 1.75 bits per heavy atom. The molecule has 0 fully saturated rings. The van der Waals surface area contributed by atoms with Crippen LogP contribution in [0.4, 0.5) is 0 Å². The number of hydrogen-bond donors (Lipinski definition) is 1. The zero-order valence-corrected chi connectivity index (χ0v) is 13.2. The lowest BCUT2D eigenvalue weighted by Crippen LogP contribution is -2.24. The van der Waals surface area contributed by atoms with Crippen molar-refractivity contribution < 1.29 is 27.9 Å². The van der Waals surface area contributed by atoms with Gasteiger partial charge in [-0.05, 0) is 5.56 Å². The summed E-state index contributed by atoms with van der Waals surface area (Å²) in [6.45, 7) is 0. The van der Waals surface area contributed by atoms with Crippen molar-refractivity contribution in [3.63, 3.8) is 0 Å². The normalized spacial score (nSPS) is 14.3. The highest BCUT2D eigenvalue weighted by Gasteiger charge is 2.37. The number of ketones is 2. The smallest absolute Gasteiger partial charge is 0.338 e. The van der Waals surface area contributed by atoms with Crippen LogP contribution < -0.4 is 0 Å². The van der Waals surface area contributed by atoms with Gasteiger partial charge < -0.3 is 5.11 Å². The van der Waals surface area contributed by atoms with Gasteiger partial charge in [0.15, 0.2) is 0 Å². The summed E-state index contributed by atoms with van der Waals surface area (Å²) >= 11 is 0. The first-order chi connectivity index (χ1) is 11.2. The molecule has 0 aliphatic heterocycles. The minimum absolute atomic E-state index is 0.196. The van der Waals surface area contributed by atoms with Crippen LogP contribution in [0.1, 0.15) is 16.1 Å². The van der Waals surface area contributed by atoms with E-state index in [1.165, 1.54) is 6.20 Å². The summed E-state index contributed by atoms with van der Waals surface area (Å²) in [5.41, 5.74) is -0.336. The van der Waals surface area contributed by atoms with Gasteiger partial charge in [-0.25, -0.2) is 17.2 Å². The fourth-order valence-corrected chi connectivity index (χ4v) is 3.43. The monoisotopic (exact) mass is 345 g/mol. The molecule has 0 bridgehead atoms. The quantitative estimate of drug-likeness (QED) is 0.837. The molecule has 8 heteroatoms. The van der Waals surface area contributed by atoms with E-state index in [4.69, 9.17) is 0 Å². The van der Waals surface area contributed by atoms with E-state index in [2.05, 4.69) is 0 Å². The first-order valence-corrected chi connectivity index (χ1v) is 8.62. The summed E-state index contributed by atoms with van der Waals surface area (Å²) < 4.78 is 24.8. The number of hydrogen-bond acceptors (Lipinski definition) is 5. The van der Waals surface area contributed by atoms with Gasteiger partial charge in [-0.3, -0.25) is 9.59 Å². The highest BCUT2D eigenvalue weighted by atomic mass is 32.2. The van der Waals surface area contributed by atoms with Crippen LogP contribution in [0.25, 0.3) is 16.7 Å². The summed E-state index contributed by atoms with van der Waals surface area (Å²) in [6, 6.07) is 8.38. The minimum atomic E-state index is -3.89. The Hall–Kier alpha value is -3.00. The van der Waals surface area contributed by atoms with Crippen LogP contribution in [-0.2, 0) is 19.6 Å². The number of aliphatic carboxylic acids is 1. The van der Waals surface area contributed by atoms with Crippen LogP contribution >= 0.6 is 0 Å². The molecule has 7 nitrogen and oxygen atoms in total. The van der Waals surface area contributed by atoms with Crippen molar-refractivity contribution in [3.05, 3.63) is 53.9 Å². The zero-order chi connectivity index (χ0) is 17.6. The number of carboxylic acid groups (broad SMARTS) is 1. The summed E-state index contributed by atoms with van der Waals surface area (Å²) in [7, 11) is -3.89. The largest absolute Gasteiger partial charge is 0.478 e. The number of carbonyl (C=O) groups is 3. The van der Waals surface area contributed by atoms with Gasteiger partial charge in [0, 0.05) is 17.8 Å². The van der Waals surface area contributed by atoms with E-state index in [0.717, 1.165) is 10.2 Å². The van der Waals surface area contributed by atoms with Crippen molar-refractivity contribution in [3.8, 4) is 11.1 Å². The third-order valence-electron chi connectivity index (χ3n) is 3.63. The molecule has 1 heterocycles. The molecule has 1 aromatic heterocycles. The van der Waals surface area contributed by atoms with Gasteiger partial charge in [-0.2, -0.15) is 0 Å². The Bertz CT molecular complexity index is 1030. The molecule has 0 spiro atoms. The number of Topliss-reactive ketones (excluding diaryl/α,β-unsaturated/α-hetero) is 1. The number of nitrogens with zero attached hydrogens (tertiary/aromatic N) is 1. The van der Waals surface area contributed by atoms with Crippen molar-refractivity contribution in [1.82, 2.24) is 3.97 Å². The van der Waals surface area contributed by atoms with E-state index in [0.29, 0.717) is 11.6 Å². The highest BCUT2D eigenvalue weighted by Crippen LogP contribution is 2.36. The van der Waals surface area contributed by atoms with Crippen LogP contribution in [0.15, 0.2) is 42.6 Å². The number of carbonyl (C=O) groups excluding carboxylic acids is 2. The maximum atomic E-state index is 12.3. The van der Waals surface area contributed by atoms with Crippen molar-refractivity contribution in [2.24, 2.45) is 0 Å². The van der Waals surface area contributed by atoms with Gasteiger partial charge in [0.25, 0.3) is 0 Å². The molecule has 1 N–H and O–H groups in total. The fraction of sp³-hybridized carbons (Fsp3) is 0.0625. The lowest BCUT2D eigenvalue weighted by atomic mass is 9.90. The van der Waals surface area contributed by atoms with Crippen LogP contribution in [0, 0.1) is 0 Å². The van der Waals surface area contributed by atoms with Crippen molar-refractivity contribution in [2.45, 2.75) is 0 Å². The van der Waals surface area contributed by atoms with Gasteiger partial charge in [-0.15, -0.1) is 0 Å². The van der Waals surface area contributed by atoms with E-state index >= 15 is 0 Å². The van der Waals surface area contributed by atoms with Crippen LogP contribution in [0.5, 0.6) is 0 Å². The first-order valence-electron chi connectivity index (χ1n) is 6.77. The Morgan fingerprint density at radius 3 is 2.29 bits per heavy atom. The predicted molar refractivity (Wildman–Crippen MR) is 85.1 cm³/mol. The second-order valence-electron chi connectivity index (χ2n) is 5.25. The molecule has 0 saturated heterocycles. The topological polar surface area (TPSA) is 111 Å². The Balaban J connectivity index is 2.46. The highest BCUT2D eigenvalue weighted by molar-refractivity contribution is 7.89. The SMILES string of the molecule is CS(=O)(=O)n1cc(-c2ccccc2)c2c1C(C(=O)O)=CC(=O)C2=O. The molecular weight excluding hydrogens is 334 g/mol. The van der Waals surface area contributed by atoms with Gasteiger partial charge in [-0.1, -0.05) is 30.3 Å². The van der Waals surface area contributed by atoms with Crippen molar-refractivity contribution in [1.29, 1.82) is 0 Å². The Labute approximate surface area is 136 Å². The first kappa shape index (κ1) is 15.9. The number of benzene rings is 1. The molecule has 1 aliphatic carbocycles. The summed E-state index contributed by atoms with van der Waals surface area (Å²) in [6.07, 6.45) is 2.72. The predicted octanol–water partition coefficient (Wildman–Crippen LogP) is 1.20. The molecule has 1 aromatic carbocycles. The Kier molecular flexibility index (Phi) is 3.49. The Morgan fingerprint density at radius 1 is 1.12 bits per heavy atom. The maximum Gasteiger partial charge on any atom is 0.338 e. The van der Waals surface area contributed by atoms with E-state index in [1.807, 2.05) is 0 Å². The molecule has 0 saturated carbocycles. The van der Waals surface area contributed by atoms with Gasteiger partial charge in [0.1, 0.15) is 0 Å². The number of rotatable bonds is 3. The van der Waals surface area contributed by atoms with E-state index < -0.39 is 33.1 Å². The fourth-order valence-electron chi connectivity index (χ4n) is 2.62. The summed E-state index contributed by atoms with van der Waals surface area (Å²) in [5, 5.41) is 9.32. The molecule has 0 unspecified atom stereocenters. The number of allylic oxidation sites excluding steroid dienone is 1. The zero-order valence-electron chi connectivity index (χ0n) is 12.4. The second-order valence-corrected chi connectivity index (χ2v) is 7.11. The molecule has 1 aliphatic rings. The van der Waals surface area contributed by atoms with Crippen LogP contribution in [0.2, 0.25) is 0 Å². The van der Waals surface area contributed by atoms with E-state index in [9.17, 15) is 27.9 Å². The average molecular weight is 345 g/mol. The molecule has 0 atom stereocenters. The molecule has 0 amide bonds. The van der Waals surface area contributed by atoms with E-state index in [1.54, 1.807) is 30.3 Å². The van der Waals surface area contributed by atoms with Crippen molar-refractivity contribution >= 4 is 33.1 Å².